The number of ether oxygens (including phenoxy) is 1. The quantitative estimate of drug-likeness (QED) is 0.475. The highest BCUT2D eigenvalue weighted by atomic mass is 16.5. The Morgan fingerprint density at radius 1 is 1.11 bits per heavy atom. The van der Waals surface area contributed by atoms with Crippen molar-refractivity contribution >= 4 is 16.9 Å². The summed E-state index contributed by atoms with van der Waals surface area (Å²) in [5, 5.41) is 9.53. The van der Waals surface area contributed by atoms with Crippen LogP contribution in [0.15, 0.2) is 59.0 Å². The van der Waals surface area contributed by atoms with Crippen molar-refractivity contribution in [2.45, 2.75) is 26.3 Å². The van der Waals surface area contributed by atoms with E-state index in [9.17, 15) is 4.79 Å². The first-order valence-corrected chi connectivity index (χ1v) is 9.16. The summed E-state index contributed by atoms with van der Waals surface area (Å²) >= 11 is 0. The number of esters is 1. The standard InChI is InChI=1S/C22H21N3O3/c1-14(2)20-23-24-21(28-20)19-12-17-6-4-5-7-18(17)25(19)13-15-8-10-16(11-9-15)22(26)27-3/h4-12,14H,13H2,1-3H3. The molecule has 0 saturated carbocycles. The van der Waals surface area contributed by atoms with Gasteiger partial charge in [-0.3, -0.25) is 0 Å². The van der Waals surface area contributed by atoms with Gasteiger partial charge >= 0.3 is 5.97 Å². The fourth-order valence-corrected chi connectivity index (χ4v) is 3.18. The summed E-state index contributed by atoms with van der Waals surface area (Å²) in [6, 6.07) is 17.6. The van der Waals surface area contributed by atoms with Crippen LogP contribution in [0.3, 0.4) is 0 Å². The monoisotopic (exact) mass is 375 g/mol. The number of benzene rings is 2. The fraction of sp³-hybridized carbons (Fsp3) is 0.227. The third-order valence-electron chi connectivity index (χ3n) is 4.68. The van der Waals surface area contributed by atoms with Crippen LogP contribution in [0.4, 0.5) is 0 Å². The van der Waals surface area contributed by atoms with E-state index in [2.05, 4.69) is 33.0 Å². The molecule has 2 heterocycles. The molecule has 0 spiro atoms. The zero-order valence-corrected chi connectivity index (χ0v) is 16.0. The van der Waals surface area contributed by atoms with Crippen molar-refractivity contribution in [3.63, 3.8) is 0 Å². The van der Waals surface area contributed by atoms with Crippen molar-refractivity contribution in [3.05, 3.63) is 71.6 Å². The lowest BCUT2D eigenvalue weighted by Gasteiger charge is -2.10. The van der Waals surface area contributed by atoms with Crippen LogP contribution in [0.25, 0.3) is 22.5 Å². The van der Waals surface area contributed by atoms with Crippen molar-refractivity contribution in [2.24, 2.45) is 0 Å². The van der Waals surface area contributed by atoms with E-state index in [0.717, 1.165) is 22.2 Å². The van der Waals surface area contributed by atoms with Gasteiger partial charge in [-0.05, 0) is 29.8 Å². The second kappa shape index (κ2) is 7.31. The summed E-state index contributed by atoms with van der Waals surface area (Å²) in [7, 11) is 1.38. The largest absolute Gasteiger partial charge is 0.465 e. The summed E-state index contributed by atoms with van der Waals surface area (Å²) in [6.07, 6.45) is 0. The number of fused-ring (bicyclic) bond motifs is 1. The molecule has 0 aliphatic carbocycles. The van der Waals surface area contributed by atoms with Crippen LogP contribution in [0.2, 0.25) is 0 Å². The molecule has 0 unspecified atom stereocenters. The Balaban J connectivity index is 1.75. The summed E-state index contributed by atoms with van der Waals surface area (Å²) in [5.74, 6) is 0.955. The highest BCUT2D eigenvalue weighted by Crippen LogP contribution is 2.29. The average Bonchev–Trinajstić information content (AvgIpc) is 3.33. The number of aromatic nitrogens is 3. The second-order valence-electron chi connectivity index (χ2n) is 6.96. The lowest BCUT2D eigenvalue weighted by molar-refractivity contribution is 0.0600. The zero-order valence-electron chi connectivity index (χ0n) is 16.0. The SMILES string of the molecule is COC(=O)c1ccc(Cn2c(-c3nnc(C(C)C)o3)cc3ccccc32)cc1. The van der Waals surface area contributed by atoms with E-state index in [1.165, 1.54) is 7.11 Å². The lowest BCUT2D eigenvalue weighted by atomic mass is 10.1. The Kier molecular flexibility index (Phi) is 4.69. The Morgan fingerprint density at radius 2 is 1.86 bits per heavy atom. The molecule has 0 aliphatic rings. The summed E-state index contributed by atoms with van der Waals surface area (Å²) in [5.41, 5.74) is 3.54. The number of carbonyl (C=O) groups is 1. The zero-order chi connectivity index (χ0) is 19.7. The highest BCUT2D eigenvalue weighted by molar-refractivity contribution is 5.89. The first-order valence-electron chi connectivity index (χ1n) is 9.16. The predicted molar refractivity (Wildman–Crippen MR) is 106 cm³/mol. The molecule has 2 aromatic heterocycles. The van der Waals surface area contributed by atoms with Crippen LogP contribution in [0.1, 0.15) is 41.6 Å². The minimum Gasteiger partial charge on any atom is -0.465 e. The third-order valence-corrected chi connectivity index (χ3v) is 4.68. The van der Waals surface area contributed by atoms with Gasteiger partial charge in [0.1, 0.15) is 5.69 Å². The number of hydrogen-bond donors (Lipinski definition) is 0. The maximum Gasteiger partial charge on any atom is 0.337 e. The number of rotatable bonds is 5. The molecule has 4 rings (SSSR count). The number of methoxy groups -OCH3 is 1. The van der Waals surface area contributed by atoms with E-state index >= 15 is 0 Å². The first kappa shape index (κ1) is 18.0. The molecule has 0 fully saturated rings. The average molecular weight is 375 g/mol. The second-order valence-corrected chi connectivity index (χ2v) is 6.96. The highest BCUT2D eigenvalue weighted by Gasteiger charge is 2.18. The van der Waals surface area contributed by atoms with Gasteiger partial charge in [-0.15, -0.1) is 10.2 Å². The van der Waals surface area contributed by atoms with Crippen molar-refractivity contribution in [1.29, 1.82) is 0 Å². The number of para-hydroxylation sites is 1. The van der Waals surface area contributed by atoms with Crippen molar-refractivity contribution in [1.82, 2.24) is 14.8 Å². The molecule has 0 atom stereocenters. The van der Waals surface area contributed by atoms with Crippen LogP contribution in [-0.4, -0.2) is 27.8 Å². The first-order chi connectivity index (χ1) is 13.6. The number of carbonyl (C=O) groups excluding carboxylic acids is 1. The van der Waals surface area contributed by atoms with Gasteiger partial charge in [-0.25, -0.2) is 4.79 Å². The van der Waals surface area contributed by atoms with Gasteiger partial charge < -0.3 is 13.7 Å². The smallest absolute Gasteiger partial charge is 0.337 e. The normalized spacial score (nSPS) is 11.3. The number of hydrogen-bond acceptors (Lipinski definition) is 5. The van der Waals surface area contributed by atoms with E-state index < -0.39 is 0 Å². The molecular formula is C22H21N3O3. The van der Waals surface area contributed by atoms with E-state index in [4.69, 9.17) is 9.15 Å². The molecule has 0 amide bonds. The van der Waals surface area contributed by atoms with Crippen molar-refractivity contribution in [3.8, 4) is 11.6 Å². The Bertz CT molecular complexity index is 1120. The molecule has 142 valence electrons. The van der Waals surface area contributed by atoms with Crippen LogP contribution in [0.5, 0.6) is 0 Å². The van der Waals surface area contributed by atoms with Crippen molar-refractivity contribution in [2.75, 3.05) is 7.11 Å². The van der Waals surface area contributed by atoms with Crippen LogP contribution in [0, 0.1) is 0 Å². The van der Waals surface area contributed by atoms with Crippen molar-refractivity contribution < 1.29 is 13.9 Å². The predicted octanol–water partition coefficient (Wildman–Crippen LogP) is 4.65. The molecule has 0 aliphatic heterocycles. The molecule has 0 bridgehead atoms. The van der Waals surface area contributed by atoms with E-state index in [1.807, 2.05) is 38.1 Å². The van der Waals surface area contributed by atoms with E-state index in [0.29, 0.717) is 23.9 Å². The maximum absolute atomic E-state index is 11.7. The molecule has 0 N–H and O–H groups in total. The van der Waals surface area contributed by atoms with Crippen LogP contribution in [-0.2, 0) is 11.3 Å². The fourth-order valence-electron chi connectivity index (χ4n) is 3.18. The third kappa shape index (κ3) is 3.29. The van der Waals surface area contributed by atoms with Gasteiger partial charge in [0, 0.05) is 23.4 Å². The van der Waals surface area contributed by atoms with E-state index in [-0.39, 0.29) is 11.9 Å². The van der Waals surface area contributed by atoms with Gasteiger partial charge in [0.15, 0.2) is 0 Å². The molecule has 0 saturated heterocycles. The molecule has 4 aromatic rings. The minimum absolute atomic E-state index is 0.171. The minimum atomic E-state index is -0.342. The number of nitrogens with zero attached hydrogens (tertiary/aromatic N) is 3. The summed E-state index contributed by atoms with van der Waals surface area (Å²) in [4.78, 5) is 11.7. The van der Waals surface area contributed by atoms with Gasteiger partial charge in [-0.2, -0.15) is 0 Å². The molecule has 6 nitrogen and oxygen atoms in total. The van der Waals surface area contributed by atoms with Gasteiger partial charge in [0.2, 0.25) is 5.89 Å². The summed E-state index contributed by atoms with van der Waals surface area (Å²) < 4.78 is 12.8. The van der Waals surface area contributed by atoms with Crippen LogP contribution < -0.4 is 0 Å². The Morgan fingerprint density at radius 3 is 2.54 bits per heavy atom. The van der Waals surface area contributed by atoms with Gasteiger partial charge in [0.05, 0.1) is 12.7 Å². The Hall–Kier alpha value is -3.41. The maximum atomic E-state index is 11.7. The summed E-state index contributed by atoms with van der Waals surface area (Å²) in [6.45, 7) is 4.66. The van der Waals surface area contributed by atoms with E-state index in [1.54, 1.807) is 12.1 Å². The molecule has 28 heavy (non-hydrogen) atoms. The van der Waals surface area contributed by atoms with Crippen LogP contribution >= 0.6 is 0 Å². The molecule has 0 radical (unpaired) electrons. The van der Waals surface area contributed by atoms with Gasteiger partial charge in [0.25, 0.3) is 5.89 Å². The molecule has 6 heteroatoms. The molecular weight excluding hydrogens is 354 g/mol. The van der Waals surface area contributed by atoms with Gasteiger partial charge in [-0.1, -0.05) is 44.2 Å². The Labute approximate surface area is 162 Å². The molecule has 2 aromatic carbocycles. The topological polar surface area (TPSA) is 70.2 Å². The lowest BCUT2D eigenvalue weighted by Crippen LogP contribution is -2.04.